The lowest BCUT2D eigenvalue weighted by molar-refractivity contribution is -0.153. The van der Waals surface area contributed by atoms with Crippen molar-refractivity contribution < 1.29 is 27.1 Å². The molecule has 0 saturated carbocycles. The molecule has 3 nitrogen and oxygen atoms in total. The molecule has 0 aliphatic heterocycles. The number of carbonyl (C=O) groups excluding carboxylic acids is 1. The lowest BCUT2D eigenvalue weighted by atomic mass is 10.1. The Balaban J connectivity index is 1.79. The zero-order valence-electron chi connectivity index (χ0n) is 12.6. The zero-order valence-corrected chi connectivity index (χ0v) is 12.6. The molecule has 0 fully saturated rings. The molecule has 24 heavy (non-hydrogen) atoms. The Morgan fingerprint density at radius 1 is 0.958 bits per heavy atom. The fraction of sp³-hybridized carbons (Fsp3) is 0.235. The number of benzene rings is 2. The van der Waals surface area contributed by atoms with Gasteiger partial charge in [0.2, 0.25) is 5.91 Å². The second-order valence-corrected chi connectivity index (χ2v) is 5.13. The molecule has 2 aromatic rings. The van der Waals surface area contributed by atoms with Gasteiger partial charge in [0, 0.05) is 6.54 Å². The Hall–Kier alpha value is -2.57. The summed E-state index contributed by atoms with van der Waals surface area (Å²) in [4.78, 5) is 11.8. The molecule has 0 aromatic heterocycles. The summed E-state index contributed by atoms with van der Waals surface area (Å²) in [6, 6.07) is 11.6. The summed E-state index contributed by atoms with van der Waals surface area (Å²) in [6.45, 7) is -1.11. The van der Waals surface area contributed by atoms with Crippen molar-refractivity contribution in [3.63, 3.8) is 0 Å². The molecule has 0 aliphatic rings. The van der Waals surface area contributed by atoms with Gasteiger partial charge < -0.3 is 10.1 Å². The number of hydrogen-bond acceptors (Lipinski definition) is 2. The standard InChI is InChI=1S/C17H15F4NO2/c18-14-5-1-12(2-6-14)9-16(23)22-10-13-3-7-15(8-4-13)24-11-17(19,20)21/h1-8H,9-11H2,(H,22,23). The molecule has 0 atom stereocenters. The Labute approximate surface area is 136 Å². The Morgan fingerprint density at radius 3 is 2.12 bits per heavy atom. The van der Waals surface area contributed by atoms with E-state index in [4.69, 9.17) is 0 Å². The quantitative estimate of drug-likeness (QED) is 0.815. The van der Waals surface area contributed by atoms with Crippen molar-refractivity contribution in [2.75, 3.05) is 6.61 Å². The summed E-state index contributed by atoms with van der Waals surface area (Å²) in [5.41, 5.74) is 1.41. The predicted molar refractivity (Wildman–Crippen MR) is 79.9 cm³/mol. The van der Waals surface area contributed by atoms with Crippen LogP contribution in [0.1, 0.15) is 11.1 Å². The van der Waals surface area contributed by atoms with E-state index in [0.29, 0.717) is 5.56 Å². The number of carbonyl (C=O) groups is 1. The lowest BCUT2D eigenvalue weighted by Crippen LogP contribution is -2.24. The number of amides is 1. The van der Waals surface area contributed by atoms with E-state index in [1.807, 2.05) is 0 Å². The first-order valence-electron chi connectivity index (χ1n) is 7.11. The van der Waals surface area contributed by atoms with E-state index >= 15 is 0 Å². The first-order valence-corrected chi connectivity index (χ1v) is 7.11. The van der Waals surface area contributed by atoms with Crippen LogP contribution in [-0.2, 0) is 17.8 Å². The van der Waals surface area contributed by atoms with Crippen molar-refractivity contribution in [2.45, 2.75) is 19.1 Å². The smallest absolute Gasteiger partial charge is 0.422 e. The zero-order chi connectivity index (χ0) is 17.6. The van der Waals surface area contributed by atoms with Crippen molar-refractivity contribution in [1.29, 1.82) is 0 Å². The number of ether oxygens (including phenoxy) is 1. The van der Waals surface area contributed by atoms with Gasteiger partial charge in [-0.15, -0.1) is 0 Å². The average Bonchev–Trinajstić information content (AvgIpc) is 2.53. The lowest BCUT2D eigenvalue weighted by Gasteiger charge is -2.10. The molecule has 0 heterocycles. The van der Waals surface area contributed by atoms with E-state index in [1.54, 1.807) is 12.1 Å². The molecule has 0 radical (unpaired) electrons. The molecule has 2 aromatic carbocycles. The number of hydrogen-bond donors (Lipinski definition) is 1. The van der Waals surface area contributed by atoms with Gasteiger partial charge in [-0.25, -0.2) is 4.39 Å². The summed E-state index contributed by atoms with van der Waals surface area (Å²) in [5.74, 6) is -0.500. The summed E-state index contributed by atoms with van der Waals surface area (Å²) < 4.78 is 53.5. The van der Waals surface area contributed by atoms with Gasteiger partial charge in [0.25, 0.3) is 0 Å². The minimum absolute atomic E-state index is 0.105. The number of nitrogens with one attached hydrogen (secondary N) is 1. The molecule has 1 N–H and O–H groups in total. The van der Waals surface area contributed by atoms with Crippen LogP contribution < -0.4 is 10.1 Å². The van der Waals surface area contributed by atoms with Crippen LogP contribution in [0, 0.1) is 5.82 Å². The second-order valence-electron chi connectivity index (χ2n) is 5.13. The maximum Gasteiger partial charge on any atom is 0.422 e. The van der Waals surface area contributed by atoms with Crippen molar-refractivity contribution >= 4 is 5.91 Å². The number of rotatable bonds is 6. The summed E-state index contributed by atoms with van der Waals surface area (Å²) >= 11 is 0. The highest BCUT2D eigenvalue weighted by Gasteiger charge is 2.28. The molecule has 0 unspecified atom stereocenters. The average molecular weight is 341 g/mol. The predicted octanol–water partition coefficient (Wildman–Crippen LogP) is 3.63. The van der Waals surface area contributed by atoms with Crippen molar-refractivity contribution in [3.05, 3.63) is 65.5 Å². The van der Waals surface area contributed by atoms with E-state index in [0.717, 1.165) is 5.56 Å². The van der Waals surface area contributed by atoms with E-state index in [2.05, 4.69) is 10.1 Å². The maximum atomic E-state index is 12.8. The van der Waals surface area contributed by atoms with Crippen LogP contribution in [0.3, 0.4) is 0 Å². The number of alkyl halides is 3. The third-order valence-electron chi connectivity index (χ3n) is 3.09. The highest BCUT2D eigenvalue weighted by Crippen LogP contribution is 2.18. The van der Waals surface area contributed by atoms with Crippen LogP contribution in [0.4, 0.5) is 17.6 Å². The van der Waals surface area contributed by atoms with Gasteiger partial charge in [-0.2, -0.15) is 13.2 Å². The van der Waals surface area contributed by atoms with Gasteiger partial charge in [0.15, 0.2) is 6.61 Å². The van der Waals surface area contributed by atoms with Crippen molar-refractivity contribution in [1.82, 2.24) is 5.32 Å². The molecule has 2 rings (SSSR count). The second kappa shape index (κ2) is 7.81. The van der Waals surface area contributed by atoms with Gasteiger partial charge in [-0.1, -0.05) is 24.3 Å². The molecule has 0 aliphatic carbocycles. The molecule has 1 amide bonds. The minimum atomic E-state index is -4.38. The summed E-state index contributed by atoms with van der Waals surface area (Å²) in [7, 11) is 0. The van der Waals surface area contributed by atoms with Gasteiger partial charge >= 0.3 is 6.18 Å². The summed E-state index contributed by atoms with van der Waals surface area (Å²) in [6.07, 6.45) is -4.26. The van der Waals surface area contributed by atoms with Crippen LogP contribution in [0.15, 0.2) is 48.5 Å². The Bertz CT molecular complexity index is 666. The number of halogens is 4. The Morgan fingerprint density at radius 2 is 1.54 bits per heavy atom. The third-order valence-corrected chi connectivity index (χ3v) is 3.09. The normalized spacial score (nSPS) is 11.2. The molecule has 0 saturated heterocycles. The van der Waals surface area contributed by atoms with E-state index < -0.39 is 12.8 Å². The molecule has 7 heteroatoms. The van der Waals surface area contributed by atoms with E-state index in [-0.39, 0.29) is 30.4 Å². The maximum absolute atomic E-state index is 12.8. The van der Waals surface area contributed by atoms with Crippen LogP contribution in [-0.4, -0.2) is 18.7 Å². The van der Waals surface area contributed by atoms with Gasteiger partial charge in [-0.05, 0) is 35.4 Å². The fourth-order valence-electron chi connectivity index (χ4n) is 1.92. The topological polar surface area (TPSA) is 38.3 Å². The first-order chi connectivity index (χ1) is 11.3. The van der Waals surface area contributed by atoms with Crippen LogP contribution >= 0.6 is 0 Å². The van der Waals surface area contributed by atoms with Gasteiger partial charge in [-0.3, -0.25) is 4.79 Å². The SMILES string of the molecule is O=C(Cc1ccc(F)cc1)NCc1ccc(OCC(F)(F)F)cc1. The Kier molecular flexibility index (Phi) is 5.78. The highest BCUT2D eigenvalue weighted by atomic mass is 19.4. The molecular formula is C17H15F4NO2. The van der Waals surface area contributed by atoms with Crippen molar-refractivity contribution in [3.8, 4) is 5.75 Å². The minimum Gasteiger partial charge on any atom is -0.484 e. The van der Waals surface area contributed by atoms with Crippen LogP contribution in [0.25, 0.3) is 0 Å². The van der Waals surface area contributed by atoms with Crippen LogP contribution in [0.5, 0.6) is 5.75 Å². The van der Waals surface area contributed by atoms with E-state index in [9.17, 15) is 22.4 Å². The largest absolute Gasteiger partial charge is 0.484 e. The highest BCUT2D eigenvalue weighted by molar-refractivity contribution is 5.78. The third kappa shape index (κ3) is 6.28. The molecule has 0 bridgehead atoms. The molecule has 0 spiro atoms. The van der Waals surface area contributed by atoms with E-state index in [1.165, 1.54) is 36.4 Å². The van der Waals surface area contributed by atoms with Gasteiger partial charge in [0.1, 0.15) is 11.6 Å². The summed E-state index contributed by atoms with van der Waals surface area (Å²) in [5, 5.41) is 2.68. The molecule has 128 valence electrons. The van der Waals surface area contributed by atoms with Gasteiger partial charge in [0.05, 0.1) is 6.42 Å². The monoisotopic (exact) mass is 341 g/mol. The van der Waals surface area contributed by atoms with Crippen LogP contribution in [0.2, 0.25) is 0 Å². The first kappa shape index (κ1) is 17.8. The fourth-order valence-corrected chi connectivity index (χ4v) is 1.92. The van der Waals surface area contributed by atoms with Crippen molar-refractivity contribution in [2.24, 2.45) is 0 Å². The molecular weight excluding hydrogens is 326 g/mol.